The van der Waals surface area contributed by atoms with Crippen molar-refractivity contribution in [2.45, 2.75) is 13.0 Å². The Bertz CT molecular complexity index is 614. The summed E-state index contributed by atoms with van der Waals surface area (Å²) >= 11 is 5.82. The van der Waals surface area contributed by atoms with Gasteiger partial charge in [0.25, 0.3) is 0 Å². The summed E-state index contributed by atoms with van der Waals surface area (Å²) in [5.41, 5.74) is 1.78. The van der Waals surface area contributed by atoms with Crippen LogP contribution in [0, 0.1) is 0 Å². The lowest BCUT2D eigenvalue weighted by molar-refractivity contribution is -0.120. The second-order valence-corrected chi connectivity index (χ2v) is 5.20. The summed E-state index contributed by atoms with van der Waals surface area (Å²) in [5.74, 6) is 0.600. The third-order valence-electron chi connectivity index (χ3n) is 3.08. The van der Waals surface area contributed by atoms with Crippen molar-refractivity contribution >= 4 is 17.5 Å². The highest BCUT2D eigenvalue weighted by Crippen LogP contribution is 2.17. The number of nitrogens with one attached hydrogen (secondary N) is 1. The number of amides is 1. The molecule has 1 amide bonds. The molecule has 116 valence electrons. The van der Waals surface area contributed by atoms with E-state index < -0.39 is 0 Å². The zero-order valence-corrected chi connectivity index (χ0v) is 12.8. The fraction of sp³-hybridized carbons (Fsp3) is 0.235. The van der Waals surface area contributed by atoms with Crippen molar-refractivity contribution in [3.05, 3.63) is 64.7 Å². The molecule has 0 aliphatic rings. The third-order valence-corrected chi connectivity index (χ3v) is 3.33. The molecule has 5 heteroatoms. The van der Waals surface area contributed by atoms with Crippen LogP contribution in [0.2, 0.25) is 5.02 Å². The minimum atomic E-state index is -0.0701. The SMILES string of the molecule is O=C(Cc1ccc(Cl)cc1)NCc1ccccc1OCCO. The highest BCUT2D eigenvalue weighted by Gasteiger charge is 2.06. The minimum absolute atomic E-state index is 0.0444. The van der Waals surface area contributed by atoms with Crippen molar-refractivity contribution < 1.29 is 14.6 Å². The van der Waals surface area contributed by atoms with Crippen LogP contribution in [0.1, 0.15) is 11.1 Å². The molecule has 0 fully saturated rings. The number of aliphatic hydroxyl groups excluding tert-OH is 1. The van der Waals surface area contributed by atoms with Gasteiger partial charge >= 0.3 is 0 Å². The maximum absolute atomic E-state index is 12.0. The van der Waals surface area contributed by atoms with Gasteiger partial charge in [-0.2, -0.15) is 0 Å². The zero-order chi connectivity index (χ0) is 15.8. The Hall–Kier alpha value is -2.04. The first-order chi connectivity index (χ1) is 10.7. The van der Waals surface area contributed by atoms with E-state index in [9.17, 15) is 4.79 Å². The van der Waals surface area contributed by atoms with Gasteiger partial charge in [-0.05, 0) is 23.8 Å². The van der Waals surface area contributed by atoms with Gasteiger partial charge < -0.3 is 15.2 Å². The average molecular weight is 320 g/mol. The summed E-state index contributed by atoms with van der Waals surface area (Å²) in [6.45, 7) is 0.570. The van der Waals surface area contributed by atoms with E-state index in [0.717, 1.165) is 11.1 Å². The molecule has 2 N–H and O–H groups in total. The maximum atomic E-state index is 12.0. The number of para-hydroxylation sites is 1. The number of halogens is 1. The molecule has 0 radical (unpaired) electrons. The van der Waals surface area contributed by atoms with Crippen LogP contribution < -0.4 is 10.1 Å². The first-order valence-electron chi connectivity index (χ1n) is 7.02. The molecule has 2 aromatic carbocycles. The number of hydrogen-bond acceptors (Lipinski definition) is 3. The van der Waals surface area contributed by atoms with Gasteiger partial charge in [0.1, 0.15) is 12.4 Å². The van der Waals surface area contributed by atoms with Crippen LogP contribution >= 0.6 is 11.6 Å². The molecule has 22 heavy (non-hydrogen) atoms. The lowest BCUT2D eigenvalue weighted by Crippen LogP contribution is -2.24. The Morgan fingerprint density at radius 2 is 1.86 bits per heavy atom. The van der Waals surface area contributed by atoms with E-state index in [2.05, 4.69) is 5.32 Å². The van der Waals surface area contributed by atoms with Gasteiger partial charge in [-0.25, -0.2) is 0 Å². The predicted octanol–water partition coefficient (Wildman–Crippen LogP) is 2.57. The van der Waals surface area contributed by atoms with Crippen LogP contribution in [0.5, 0.6) is 5.75 Å². The minimum Gasteiger partial charge on any atom is -0.491 e. The molecule has 0 saturated carbocycles. The second kappa shape index (κ2) is 8.41. The van der Waals surface area contributed by atoms with Gasteiger partial charge in [0.2, 0.25) is 5.91 Å². The van der Waals surface area contributed by atoms with E-state index in [1.165, 1.54) is 0 Å². The number of carbonyl (C=O) groups excluding carboxylic acids is 1. The fourth-order valence-corrected chi connectivity index (χ4v) is 2.12. The molecule has 0 aliphatic heterocycles. The van der Waals surface area contributed by atoms with Crippen molar-refractivity contribution in [1.82, 2.24) is 5.32 Å². The number of carbonyl (C=O) groups is 1. The summed E-state index contributed by atoms with van der Waals surface area (Å²) < 4.78 is 5.43. The van der Waals surface area contributed by atoms with E-state index in [-0.39, 0.29) is 19.1 Å². The molecule has 4 nitrogen and oxygen atoms in total. The highest BCUT2D eigenvalue weighted by molar-refractivity contribution is 6.30. The summed E-state index contributed by atoms with van der Waals surface area (Å²) in [6, 6.07) is 14.6. The molecule has 0 heterocycles. The van der Waals surface area contributed by atoms with Crippen molar-refractivity contribution in [3.8, 4) is 5.75 Å². The summed E-state index contributed by atoms with van der Waals surface area (Å²) in [5, 5.41) is 12.3. The summed E-state index contributed by atoms with van der Waals surface area (Å²) in [4.78, 5) is 12.0. The highest BCUT2D eigenvalue weighted by atomic mass is 35.5. The topological polar surface area (TPSA) is 58.6 Å². The standard InChI is InChI=1S/C17H18ClNO3/c18-15-7-5-13(6-8-15)11-17(21)19-12-14-3-1-2-4-16(14)22-10-9-20/h1-8,20H,9-12H2,(H,19,21). The Labute approximate surface area is 134 Å². The van der Waals surface area contributed by atoms with Crippen molar-refractivity contribution in [3.63, 3.8) is 0 Å². The van der Waals surface area contributed by atoms with Gasteiger partial charge in [-0.15, -0.1) is 0 Å². The van der Waals surface area contributed by atoms with E-state index >= 15 is 0 Å². The molecule has 0 aliphatic carbocycles. The molecular weight excluding hydrogens is 302 g/mol. The number of ether oxygens (including phenoxy) is 1. The van der Waals surface area contributed by atoms with Crippen molar-refractivity contribution in [1.29, 1.82) is 0 Å². The molecule has 0 atom stereocenters. The van der Waals surface area contributed by atoms with Crippen LogP contribution in [0.15, 0.2) is 48.5 Å². The number of aliphatic hydroxyl groups is 1. The van der Waals surface area contributed by atoms with Crippen molar-refractivity contribution in [2.75, 3.05) is 13.2 Å². The lowest BCUT2D eigenvalue weighted by atomic mass is 10.1. The Kier molecular flexibility index (Phi) is 6.25. The zero-order valence-electron chi connectivity index (χ0n) is 12.1. The quantitative estimate of drug-likeness (QED) is 0.824. The number of benzene rings is 2. The molecule has 2 aromatic rings. The van der Waals surface area contributed by atoms with Crippen LogP contribution in [-0.2, 0) is 17.8 Å². The Morgan fingerprint density at radius 1 is 1.14 bits per heavy atom. The Balaban J connectivity index is 1.89. The second-order valence-electron chi connectivity index (χ2n) is 4.76. The van der Waals surface area contributed by atoms with Gasteiger partial charge in [0.05, 0.1) is 13.0 Å². The molecule has 2 rings (SSSR count). The maximum Gasteiger partial charge on any atom is 0.224 e. The van der Waals surface area contributed by atoms with Gasteiger partial charge in [0.15, 0.2) is 0 Å². The fourth-order valence-electron chi connectivity index (χ4n) is 1.99. The largest absolute Gasteiger partial charge is 0.491 e. The monoisotopic (exact) mass is 319 g/mol. The van der Waals surface area contributed by atoms with E-state index in [1.54, 1.807) is 12.1 Å². The van der Waals surface area contributed by atoms with E-state index in [1.807, 2.05) is 36.4 Å². The first-order valence-corrected chi connectivity index (χ1v) is 7.39. The lowest BCUT2D eigenvalue weighted by Gasteiger charge is -2.11. The van der Waals surface area contributed by atoms with Gasteiger partial charge in [0, 0.05) is 17.1 Å². The molecule has 0 bridgehead atoms. The Morgan fingerprint density at radius 3 is 2.59 bits per heavy atom. The number of rotatable bonds is 7. The van der Waals surface area contributed by atoms with Crippen LogP contribution in [0.3, 0.4) is 0 Å². The van der Waals surface area contributed by atoms with Crippen molar-refractivity contribution in [2.24, 2.45) is 0 Å². The van der Waals surface area contributed by atoms with Crippen LogP contribution in [-0.4, -0.2) is 24.2 Å². The van der Waals surface area contributed by atoms with Gasteiger partial charge in [-0.1, -0.05) is 41.9 Å². The molecule has 0 aromatic heterocycles. The third kappa shape index (κ3) is 5.06. The summed E-state index contributed by atoms with van der Waals surface area (Å²) in [6.07, 6.45) is 0.302. The first kappa shape index (κ1) is 16.3. The predicted molar refractivity (Wildman–Crippen MR) is 86.0 cm³/mol. The molecular formula is C17H18ClNO3. The molecule has 0 spiro atoms. The average Bonchev–Trinajstić information content (AvgIpc) is 2.54. The van der Waals surface area contributed by atoms with E-state index in [0.29, 0.717) is 23.7 Å². The van der Waals surface area contributed by atoms with E-state index in [4.69, 9.17) is 21.4 Å². The molecule has 0 saturated heterocycles. The summed E-state index contributed by atoms with van der Waals surface area (Å²) in [7, 11) is 0. The molecule has 0 unspecified atom stereocenters. The smallest absolute Gasteiger partial charge is 0.224 e. The van der Waals surface area contributed by atoms with Crippen LogP contribution in [0.4, 0.5) is 0 Å². The van der Waals surface area contributed by atoms with Crippen LogP contribution in [0.25, 0.3) is 0 Å². The van der Waals surface area contributed by atoms with Gasteiger partial charge in [-0.3, -0.25) is 4.79 Å². The normalized spacial score (nSPS) is 10.3. The number of hydrogen-bond donors (Lipinski definition) is 2.